The Hall–Kier alpha value is -0.0800. The minimum absolute atomic E-state index is 0.0556. The SMILES string of the molecule is [O]CN1[CH]CCC1. The first-order valence-corrected chi connectivity index (χ1v) is 2.59. The van der Waals surface area contributed by atoms with Crippen LogP contribution in [0.4, 0.5) is 0 Å². The Morgan fingerprint density at radius 2 is 2.57 bits per heavy atom. The highest BCUT2D eigenvalue weighted by molar-refractivity contribution is 4.73. The second kappa shape index (κ2) is 2.28. The van der Waals surface area contributed by atoms with E-state index in [-0.39, 0.29) is 6.73 Å². The molecule has 40 valence electrons. The molecule has 0 bridgehead atoms. The smallest absolute Gasteiger partial charge is 0.135 e. The van der Waals surface area contributed by atoms with Gasteiger partial charge in [0.25, 0.3) is 0 Å². The molecule has 2 heteroatoms. The van der Waals surface area contributed by atoms with E-state index in [0.717, 1.165) is 13.0 Å². The van der Waals surface area contributed by atoms with E-state index in [1.54, 1.807) is 4.90 Å². The summed E-state index contributed by atoms with van der Waals surface area (Å²) in [6.45, 7) is 2.90. The lowest BCUT2D eigenvalue weighted by Crippen LogP contribution is -2.14. The second-order valence-corrected chi connectivity index (χ2v) is 1.77. The van der Waals surface area contributed by atoms with Gasteiger partial charge >= 0.3 is 0 Å². The summed E-state index contributed by atoms with van der Waals surface area (Å²) in [6, 6.07) is 0. The van der Waals surface area contributed by atoms with Gasteiger partial charge in [0.05, 0.1) is 0 Å². The molecule has 0 spiro atoms. The van der Waals surface area contributed by atoms with Crippen molar-refractivity contribution in [3.8, 4) is 0 Å². The molecule has 1 rings (SSSR count). The summed E-state index contributed by atoms with van der Waals surface area (Å²) < 4.78 is 0. The van der Waals surface area contributed by atoms with E-state index >= 15 is 0 Å². The average Bonchev–Trinajstić information content (AvgIpc) is 2.14. The molecule has 1 aliphatic heterocycles. The Morgan fingerprint density at radius 3 is 2.86 bits per heavy atom. The fourth-order valence-corrected chi connectivity index (χ4v) is 0.777. The van der Waals surface area contributed by atoms with Crippen LogP contribution in [0.25, 0.3) is 0 Å². The Labute approximate surface area is 43.7 Å². The van der Waals surface area contributed by atoms with E-state index in [4.69, 9.17) is 0 Å². The quantitative estimate of drug-likeness (QED) is 0.473. The van der Waals surface area contributed by atoms with E-state index in [9.17, 15) is 5.11 Å². The number of likely N-dealkylation sites (tertiary alicyclic amines) is 1. The van der Waals surface area contributed by atoms with Crippen molar-refractivity contribution in [1.29, 1.82) is 0 Å². The van der Waals surface area contributed by atoms with Crippen molar-refractivity contribution >= 4 is 0 Å². The molecule has 0 aliphatic carbocycles. The van der Waals surface area contributed by atoms with Crippen LogP contribution in [0, 0.1) is 6.54 Å². The van der Waals surface area contributed by atoms with Crippen molar-refractivity contribution in [2.75, 3.05) is 13.3 Å². The third-order valence-corrected chi connectivity index (χ3v) is 1.20. The van der Waals surface area contributed by atoms with Crippen molar-refractivity contribution in [2.24, 2.45) is 0 Å². The van der Waals surface area contributed by atoms with E-state index in [1.807, 2.05) is 6.54 Å². The predicted octanol–water partition coefficient (Wildman–Crippen LogP) is 0.632. The third-order valence-electron chi connectivity index (χ3n) is 1.20. The van der Waals surface area contributed by atoms with Crippen LogP contribution >= 0.6 is 0 Å². The molecule has 1 heterocycles. The van der Waals surface area contributed by atoms with Crippen LogP contribution in [-0.2, 0) is 5.11 Å². The van der Waals surface area contributed by atoms with Crippen molar-refractivity contribution in [3.05, 3.63) is 6.54 Å². The molecule has 0 aromatic carbocycles. The molecule has 0 saturated carbocycles. The van der Waals surface area contributed by atoms with Crippen molar-refractivity contribution in [3.63, 3.8) is 0 Å². The molecule has 1 saturated heterocycles. The normalized spacial score (nSPS) is 23.6. The largest absolute Gasteiger partial charge is 0.274 e. The molecule has 1 aliphatic rings. The third kappa shape index (κ3) is 1.14. The maximum absolute atomic E-state index is 10.0. The fraction of sp³-hybridized carbons (Fsp3) is 0.800. The van der Waals surface area contributed by atoms with Crippen LogP contribution in [0.5, 0.6) is 0 Å². The summed E-state index contributed by atoms with van der Waals surface area (Å²) in [5, 5.41) is 10.0. The van der Waals surface area contributed by atoms with Crippen LogP contribution in [0.3, 0.4) is 0 Å². The van der Waals surface area contributed by atoms with Gasteiger partial charge in [-0.25, -0.2) is 5.11 Å². The van der Waals surface area contributed by atoms with Crippen LogP contribution in [0.2, 0.25) is 0 Å². The second-order valence-electron chi connectivity index (χ2n) is 1.77. The number of nitrogens with zero attached hydrogens (tertiary/aromatic N) is 1. The summed E-state index contributed by atoms with van der Waals surface area (Å²) >= 11 is 0. The molecule has 0 amide bonds. The zero-order valence-electron chi connectivity index (χ0n) is 4.26. The molecule has 0 unspecified atom stereocenters. The molecular weight excluding hydrogens is 90.1 g/mol. The standard InChI is InChI=1S/C5H9NO/c7-5-6-3-1-2-4-6/h3H,1-2,4-5H2. The zero-order valence-corrected chi connectivity index (χ0v) is 4.26. The number of rotatable bonds is 1. The predicted molar refractivity (Wildman–Crippen MR) is 25.8 cm³/mol. The van der Waals surface area contributed by atoms with Gasteiger partial charge in [-0.15, -0.1) is 0 Å². The Kier molecular flexibility index (Phi) is 1.65. The Morgan fingerprint density at radius 1 is 1.71 bits per heavy atom. The van der Waals surface area contributed by atoms with E-state index in [0.29, 0.717) is 0 Å². The van der Waals surface area contributed by atoms with E-state index in [1.165, 1.54) is 6.42 Å². The van der Waals surface area contributed by atoms with Crippen LogP contribution in [-0.4, -0.2) is 18.2 Å². The zero-order chi connectivity index (χ0) is 5.11. The lowest BCUT2D eigenvalue weighted by atomic mass is 10.4. The molecule has 0 atom stereocenters. The highest BCUT2D eigenvalue weighted by Crippen LogP contribution is 2.09. The number of hydrogen-bond acceptors (Lipinski definition) is 1. The monoisotopic (exact) mass is 99.1 g/mol. The van der Waals surface area contributed by atoms with Gasteiger partial charge < -0.3 is 0 Å². The van der Waals surface area contributed by atoms with E-state index in [2.05, 4.69) is 0 Å². The summed E-state index contributed by atoms with van der Waals surface area (Å²) in [6.07, 6.45) is 2.27. The van der Waals surface area contributed by atoms with Gasteiger partial charge in [0.1, 0.15) is 6.73 Å². The average molecular weight is 99.1 g/mol. The minimum atomic E-state index is -0.0556. The summed E-state index contributed by atoms with van der Waals surface area (Å²) in [5.74, 6) is 0. The van der Waals surface area contributed by atoms with Gasteiger partial charge in [-0.3, -0.25) is 4.90 Å². The first kappa shape index (κ1) is 5.06. The first-order valence-electron chi connectivity index (χ1n) is 2.59. The Balaban J connectivity index is 2.14. The minimum Gasteiger partial charge on any atom is -0.274 e. The lowest BCUT2D eigenvalue weighted by Gasteiger charge is -2.04. The van der Waals surface area contributed by atoms with Crippen LogP contribution in [0.1, 0.15) is 12.8 Å². The molecule has 0 aromatic heterocycles. The van der Waals surface area contributed by atoms with Crippen molar-refractivity contribution < 1.29 is 5.11 Å². The molecule has 1 fully saturated rings. The maximum Gasteiger partial charge on any atom is 0.135 e. The van der Waals surface area contributed by atoms with Gasteiger partial charge in [0.2, 0.25) is 0 Å². The summed E-state index contributed by atoms with van der Waals surface area (Å²) in [5.41, 5.74) is 0. The van der Waals surface area contributed by atoms with Crippen LogP contribution < -0.4 is 0 Å². The molecule has 2 nitrogen and oxygen atoms in total. The highest BCUT2D eigenvalue weighted by Gasteiger charge is 2.09. The molecule has 7 heavy (non-hydrogen) atoms. The van der Waals surface area contributed by atoms with Gasteiger partial charge in [0, 0.05) is 13.1 Å². The van der Waals surface area contributed by atoms with Crippen LogP contribution in [0.15, 0.2) is 0 Å². The molecular formula is C5H9NO. The number of hydrogen-bond donors (Lipinski definition) is 0. The maximum atomic E-state index is 10.0. The van der Waals surface area contributed by atoms with E-state index < -0.39 is 0 Å². The van der Waals surface area contributed by atoms with Crippen molar-refractivity contribution in [1.82, 2.24) is 4.90 Å². The molecule has 0 aromatic rings. The molecule has 2 radical (unpaired) electrons. The highest BCUT2D eigenvalue weighted by atomic mass is 16.3. The Bertz CT molecular complexity index is 50.0. The van der Waals surface area contributed by atoms with Gasteiger partial charge in [-0.05, 0) is 12.8 Å². The van der Waals surface area contributed by atoms with Gasteiger partial charge in [-0.2, -0.15) is 0 Å². The topological polar surface area (TPSA) is 23.1 Å². The summed E-state index contributed by atoms with van der Waals surface area (Å²) in [4.78, 5) is 1.81. The fourth-order valence-electron chi connectivity index (χ4n) is 0.777. The first-order chi connectivity index (χ1) is 3.43. The van der Waals surface area contributed by atoms with Gasteiger partial charge in [-0.1, -0.05) is 0 Å². The lowest BCUT2D eigenvalue weighted by molar-refractivity contribution is 0.0833. The molecule has 0 N–H and O–H groups in total. The summed E-state index contributed by atoms with van der Waals surface area (Å²) in [7, 11) is 0. The van der Waals surface area contributed by atoms with Gasteiger partial charge in [0.15, 0.2) is 0 Å². The van der Waals surface area contributed by atoms with Crippen molar-refractivity contribution in [2.45, 2.75) is 12.8 Å².